The van der Waals surface area contributed by atoms with Gasteiger partial charge in [-0.25, -0.2) is 17.9 Å². The number of hydrogen-bond donors (Lipinski definition) is 2. The van der Waals surface area contributed by atoms with Crippen LogP contribution < -0.4 is 10.0 Å². The largest absolute Gasteiger partial charge is 0.450 e. The van der Waals surface area contributed by atoms with Crippen molar-refractivity contribution in [1.82, 2.24) is 4.72 Å². The second-order valence-corrected chi connectivity index (χ2v) is 5.88. The minimum absolute atomic E-state index is 0.134. The predicted octanol–water partition coefficient (Wildman–Crippen LogP) is 1.57. The number of nitrogens with one attached hydrogen (secondary N) is 2. The molecule has 7 nitrogen and oxygen atoms in total. The van der Waals surface area contributed by atoms with Crippen LogP contribution in [0.3, 0.4) is 0 Å². The number of carbonyl (C=O) groups is 1. The molecule has 1 amide bonds. The summed E-state index contributed by atoms with van der Waals surface area (Å²) in [6, 6.07) is 5.84. The van der Waals surface area contributed by atoms with E-state index >= 15 is 0 Å². The zero-order chi connectivity index (χ0) is 15.7. The first-order chi connectivity index (χ1) is 9.99. The molecule has 0 heterocycles. The van der Waals surface area contributed by atoms with Crippen molar-refractivity contribution in [2.45, 2.75) is 18.2 Å². The smallest absolute Gasteiger partial charge is 0.411 e. The van der Waals surface area contributed by atoms with Gasteiger partial charge in [-0.15, -0.1) is 0 Å². The molecule has 0 atom stereocenters. The molecule has 1 aromatic carbocycles. The highest BCUT2D eigenvalue weighted by Crippen LogP contribution is 2.14. The Balaban J connectivity index is 2.61. The maximum atomic E-state index is 12.0. The zero-order valence-corrected chi connectivity index (χ0v) is 12.9. The molecule has 118 valence electrons. The Kier molecular flexibility index (Phi) is 7.13. The summed E-state index contributed by atoms with van der Waals surface area (Å²) in [7, 11) is -1.99. The van der Waals surface area contributed by atoms with Crippen molar-refractivity contribution in [2.75, 3.05) is 32.2 Å². The molecule has 0 fully saturated rings. The van der Waals surface area contributed by atoms with Crippen LogP contribution in [0.15, 0.2) is 29.2 Å². The summed E-state index contributed by atoms with van der Waals surface area (Å²) >= 11 is 0. The van der Waals surface area contributed by atoms with E-state index in [0.717, 1.165) is 0 Å². The van der Waals surface area contributed by atoms with Gasteiger partial charge in [-0.1, -0.05) is 0 Å². The summed E-state index contributed by atoms with van der Waals surface area (Å²) in [5, 5.41) is 2.49. The quantitative estimate of drug-likeness (QED) is 0.710. The normalized spacial score (nSPS) is 11.1. The minimum atomic E-state index is -3.55. The number of amides is 1. The van der Waals surface area contributed by atoms with E-state index in [0.29, 0.717) is 25.3 Å². The number of carbonyl (C=O) groups excluding carboxylic acids is 1. The number of benzene rings is 1. The van der Waals surface area contributed by atoms with Gasteiger partial charge in [0.25, 0.3) is 0 Å². The van der Waals surface area contributed by atoms with Gasteiger partial charge in [-0.2, -0.15) is 0 Å². The van der Waals surface area contributed by atoms with Crippen LogP contribution in [0.2, 0.25) is 0 Å². The molecule has 0 aliphatic carbocycles. The van der Waals surface area contributed by atoms with Crippen molar-refractivity contribution >= 4 is 21.8 Å². The van der Waals surface area contributed by atoms with Gasteiger partial charge in [0, 0.05) is 25.9 Å². The summed E-state index contributed by atoms with van der Waals surface area (Å²) in [5.74, 6) is 0. The predicted molar refractivity (Wildman–Crippen MR) is 78.8 cm³/mol. The molecule has 0 radical (unpaired) electrons. The van der Waals surface area contributed by atoms with Crippen LogP contribution in [0.5, 0.6) is 0 Å². The van der Waals surface area contributed by atoms with Crippen molar-refractivity contribution in [3.05, 3.63) is 24.3 Å². The van der Waals surface area contributed by atoms with E-state index in [4.69, 9.17) is 9.47 Å². The molecule has 0 aliphatic rings. The molecule has 0 saturated carbocycles. The molecule has 21 heavy (non-hydrogen) atoms. The topological polar surface area (TPSA) is 93.7 Å². The first-order valence-electron chi connectivity index (χ1n) is 6.52. The molecular weight excluding hydrogens is 296 g/mol. The van der Waals surface area contributed by atoms with E-state index in [-0.39, 0.29) is 11.5 Å². The van der Waals surface area contributed by atoms with Gasteiger partial charge < -0.3 is 9.47 Å². The molecule has 0 bridgehead atoms. The number of anilines is 1. The second-order valence-electron chi connectivity index (χ2n) is 4.11. The highest BCUT2D eigenvalue weighted by Gasteiger charge is 2.13. The van der Waals surface area contributed by atoms with Crippen LogP contribution in [0, 0.1) is 0 Å². The first-order valence-corrected chi connectivity index (χ1v) is 8.00. The van der Waals surface area contributed by atoms with Gasteiger partial charge in [-0.3, -0.25) is 5.32 Å². The van der Waals surface area contributed by atoms with E-state index < -0.39 is 16.1 Å². The van der Waals surface area contributed by atoms with Gasteiger partial charge in [0.15, 0.2) is 0 Å². The summed E-state index contributed by atoms with van der Waals surface area (Å²) in [6.45, 7) is 2.76. The Morgan fingerprint density at radius 1 is 1.24 bits per heavy atom. The molecular formula is C13H20N2O5S. The Morgan fingerprint density at radius 2 is 1.90 bits per heavy atom. The van der Waals surface area contributed by atoms with Crippen LogP contribution in [-0.2, 0) is 19.5 Å². The maximum absolute atomic E-state index is 12.0. The summed E-state index contributed by atoms with van der Waals surface area (Å²) in [4.78, 5) is 11.4. The highest BCUT2D eigenvalue weighted by atomic mass is 32.2. The molecule has 0 aromatic heterocycles. The Labute approximate surface area is 124 Å². The number of hydrogen-bond acceptors (Lipinski definition) is 5. The van der Waals surface area contributed by atoms with Gasteiger partial charge in [-0.05, 0) is 37.6 Å². The lowest BCUT2D eigenvalue weighted by molar-refractivity contribution is 0.168. The third kappa shape index (κ3) is 6.11. The van der Waals surface area contributed by atoms with Crippen molar-refractivity contribution in [1.29, 1.82) is 0 Å². The molecule has 1 aromatic rings. The Bertz CT molecular complexity index is 542. The SMILES string of the molecule is CCOC(=O)Nc1ccc(S(=O)(=O)NCCCOC)cc1. The monoisotopic (exact) mass is 316 g/mol. The lowest BCUT2D eigenvalue weighted by Gasteiger charge is -2.08. The second kappa shape index (κ2) is 8.60. The fourth-order valence-corrected chi connectivity index (χ4v) is 2.58. The van der Waals surface area contributed by atoms with Crippen LogP contribution >= 0.6 is 0 Å². The number of sulfonamides is 1. The molecule has 0 saturated heterocycles. The molecule has 0 aliphatic heterocycles. The van der Waals surface area contributed by atoms with Crippen molar-refractivity contribution in [2.24, 2.45) is 0 Å². The van der Waals surface area contributed by atoms with E-state index in [1.54, 1.807) is 14.0 Å². The molecule has 8 heteroatoms. The minimum Gasteiger partial charge on any atom is -0.450 e. The molecule has 1 rings (SSSR count). The number of methoxy groups -OCH3 is 1. The average molecular weight is 316 g/mol. The number of ether oxygens (including phenoxy) is 2. The van der Waals surface area contributed by atoms with E-state index in [2.05, 4.69) is 10.0 Å². The highest BCUT2D eigenvalue weighted by molar-refractivity contribution is 7.89. The first kappa shape index (κ1) is 17.4. The summed E-state index contributed by atoms with van der Waals surface area (Å²) in [5.41, 5.74) is 0.465. The van der Waals surface area contributed by atoms with Gasteiger partial charge in [0.05, 0.1) is 11.5 Å². The zero-order valence-electron chi connectivity index (χ0n) is 12.1. The van der Waals surface area contributed by atoms with Crippen molar-refractivity contribution in [3.63, 3.8) is 0 Å². The third-order valence-corrected chi connectivity index (χ3v) is 3.98. The van der Waals surface area contributed by atoms with Crippen LogP contribution in [0.1, 0.15) is 13.3 Å². The van der Waals surface area contributed by atoms with E-state index in [1.807, 2.05) is 0 Å². The lowest BCUT2D eigenvalue weighted by atomic mass is 10.3. The summed E-state index contributed by atoms with van der Waals surface area (Å²) < 4.78 is 36.0. The maximum Gasteiger partial charge on any atom is 0.411 e. The summed E-state index contributed by atoms with van der Waals surface area (Å²) in [6.07, 6.45) is 0.0175. The van der Waals surface area contributed by atoms with Crippen molar-refractivity contribution in [3.8, 4) is 0 Å². The number of rotatable bonds is 8. The third-order valence-electron chi connectivity index (χ3n) is 2.50. The fraction of sp³-hybridized carbons (Fsp3) is 0.462. The standard InChI is InChI=1S/C13H20N2O5S/c1-3-20-13(16)15-11-5-7-12(8-6-11)21(17,18)14-9-4-10-19-2/h5-8,14H,3-4,9-10H2,1-2H3,(H,15,16). The molecule has 2 N–H and O–H groups in total. The van der Waals surface area contributed by atoms with Gasteiger partial charge in [0.2, 0.25) is 10.0 Å². The Morgan fingerprint density at radius 3 is 2.48 bits per heavy atom. The van der Waals surface area contributed by atoms with E-state index in [9.17, 15) is 13.2 Å². The van der Waals surface area contributed by atoms with Gasteiger partial charge >= 0.3 is 6.09 Å². The van der Waals surface area contributed by atoms with Crippen LogP contribution in [-0.4, -0.2) is 41.4 Å². The fourth-order valence-electron chi connectivity index (χ4n) is 1.51. The lowest BCUT2D eigenvalue weighted by Crippen LogP contribution is -2.25. The molecule has 0 unspecified atom stereocenters. The molecule has 0 spiro atoms. The Hall–Kier alpha value is -1.64. The van der Waals surface area contributed by atoms with Crippen LogP contribution in [0.4, 0.5) is 10.5 Å². The van der Waals surface area contributed by atoms with Crippen LogP contribution in [0.25, 0.3) is 0 Å². The van der Waals surface area contributed by atoms with Gasteiger partial charge in [0.1, 0.15) is 0 Å². The van der Waals surface area contributed by atoms with E-state index in [1.165, 1.54) is 24.3 Å². The van der Waals surface area contributed by atoms with Crippen molar-refractivity contribution < 1.29 is 22.7 Å². The average Bonchev–Trinajstić information content (AvgIpc) is 2.44.